The summed E-state index contributed by atoms with van der Waals surface area (Å²) in [5.41, 5.74) is 2.28. The topological polar surface area (TPSA) is 53.0 Å². The summed E-state index contributed by atoms with van der Waals surface area (Å²) in [5, 5.41) is 6.48. The van der Waals surface area contributed by atoms with E-state index in [-0.39, 0.29) is 6.10 Å². The first-order chi connectivity index (χ1) is 13.5. The highest BCUT2D eigenvalue weighted by atomic mass is 32.1. The van der Waals surface area contributed by atoms with E-state index in [4.69, 9.17) is 9.73 Å². The molecule has 1 N–H and O–H groups in total. The first-order valence-electron chi connectivity index (χ1n) is 9.77. The summed E-state index contributed by atoms with van der Waals surface area (Å²) in [6.45, 7) is 7.44. The summed E-state index contributed by atoms with van der Waals surface area (Å²) < 4.78 is 5.35. The van der Waals surface area contributed by atoms with E-state index >= 15 is 0 Å². The van der Waals surface area contributed by atoms with Gasteiger partial charge in [-0.05, 0) is 32.4 Å². The zero-order valence-corrected chi connectivity index (χ0v) is 18.5. The van der Waals surface area contributed by atoms with Crippen molar-refractivity contribution in [3.63, 3.8) is 0 Å². The Balaban J connectivity index is 1.87. The van der Waals surface area contributed by atoms with Crippen LogP contribution in [-0.2, 0) is 11.3 Å². The van der Waals surface area contributed by atoms with Crippen LogP contribution in [0, 0.1) is 0 Å². The SMILES string of the molecule is CCNC(=NCCCN(C)c1ccccc1)N(C)Cc1csc(C(C)OC)n1. The minimum absolute atomic E-state index is 0.0348. The lowest BCUT2D eigenvalue weighted by molar-refractivity contribution is 0.119. The highest BCUT2D eigenvalue weighted by Gasteiger charge is 2.12. The van der Waals surface area contributed by atoms with Gasteiger partial charge in [0.1, 0.15) is 11.1 Å². The largest absolute Gasteiger partial charge is 0.375 e. The molecule has 2 rings (SSSR count). The van der Waals surface area contributed by atoms with Crippen LogP contribution in [0.3, 0.4) is 0 Å². The summed E-state index contributed by atoms with van der Waals surface area (Å²) in [5.74, 6) is 0.916. The number of guanidine groups is 1. The van der Waals surface area contributed by atoms with E-state index in [1.807, 2.05) is 13.0 Å². The molecule has 0 aliphatic rings. The summed E-state index contributed by atoms with van der Waals surface area (Å²) in [4.78, 5) is 13.9. The zero-order chi connectivity index (χ0) is 20.4. The van der Waals surface area contributed by atoms with Crippen molar-refractivity contribution in [2.75, 3.05) is 45.7 Å². The van der Waals surface area contributed by atoms with E-state index in [2.05, 4.69) is 70.8 Å². The number of nitrogens with one attached hydrogen (secondary N) is 1. The van der Waals surface area contributed by atoms with Gasteiger partial charge >= 0.3 is 0 Å². The van der Waals surface area contributed by atoms with Crippen molar-refractivity contribution in [3.05, 3.63) is 46.4 Å². The van der Waals surface area contributed by atoms with Crippen molar-refractivity contribution in [1.82, 2.24) is 15.2 Å². The third kappa shape index (κ3) is 6.80. The molecule has 1 atom stereocenters. The Morgan fingerprint density at radius 2 is 2.04 bits per heavy atom. The molecule has 6 nitrogen and oxygen atoms in total. The molecule has 0 aliphatic carbocycles. The fourth-order valence-electron chi connectivity index (χ4n) is 2.77. The van der Waals surface area contributed by atoms with Crippen LogP contribution in [0.2, 0.25) is 0 Å². The highest BCUT2D eigenvalue weighted by molar-refractivity contribution is 7.09. The minimum atomic E-state index is 0.0348. The maximum Gasteiger partial charge on any atom is 0.194 e. The van der Waals surface area contributed by atoms with Crippen LogP contribution in [0.15, 0.2) is 40.7 Å². The van der Waals surface area contributed by atoms with E-state index < -0.39 is 0 Å². The molecule has 1 aromatic heterocycles. The first-order valence-corrected chi connectivity index (χ1v) is 10.7. The molecule has 28 heavy (non-hydrogen) atoms. The van der Waals surface area contributed by atoms with E-state index in [9.17, 15) is 0 Å². The fraction of sp³-hybridized carbons (Fsp3) is 0.524. The van der Waals surface area contributed by atoms with E-state index in [1.165, 1.54) is 5.69 Å². The molecule has 7 heteroatoms. The monoisotopic (exact) mass is 403 g/mol. The van der Waals surface area contributed by atoms with Crippen molar-refractivity contribution >= 4 is 23.0 Å². The number of aromatic nitrogens is 1. The van der Waals surface area contributed by atoms with Crippen molar-refractivity contribution < 1.29 is 4.74 Å². The zero-order valence-electron chi connectivity index (χ0n) is 17.7. The van der Waals surface area contributed by atoms with E-state index in [0.717, 1.165) is 49.3 Å². The number of thiazole rings is 1. The lowest BCUT2D eigenvalue weighted by atomic mass is 10.3. The smallest absolute Gasteiger partial charge is 0.194 e. The average Bonchev–Trinajstić information content (AvgIpc) is 3.18. The van der Waals surface area contributed by atoms with Gasteiger partial charge in [0.15, 0.2) is 5.96 Å². The van der Waals surface area contributed by atoms with Crippen molar-refractivity contribution in [3.8, 4) is 0 Å². The predicted molar refractivity (Wildman–Crippen MR) is 119 cm³/mol. The predicted octanol–water partition coefficient (Wildman–Crippen LogP) is 3.77. The summed E-state index contributed by atoms with van der Waals surface area (Å²) in [6.07, 6.45) is 1.04. The summed E-state index contributed by atoms with van der Waals surface area (Å²) >= 11 is 1.64. The lowest BCUT2D eigenvalue weighted by Crippen LogP contribution is -2.38. The van der Waals surface area contributed by atoms with Crippen LogP contribution < -0.4 is 10.2 Å². The number of hydrogen-bond acceptors (Lipinski definition) is 5. The molecule has 0 radical (unpaired) electrons. The number of ether oxygens (including phenoxy) is 1. The third-order valence-corrected chi connectivity index (χ3v) is 5.53. The van der Waals surface area contributed by atoms with E-state index in [1.54, 1.807) is 18.4 Å². The van der Waals surface area contributed by atoms with Gasteiger partial charge in [-0.3, -0.25) is 4.99 Å². The van der Waals surface area contributed by atoms with Gasteiger partial charge < -0.3 is 19.9 Å². The molecule has 0 saturated carbocycles. The molecule has 0 fully saturated rings. The fourth-order valence-corrected chi connectivity index (χ4v) is 3.62. The van der Waals surface area contributed by atoms with Gasteiger partial charge in [0.2, 0.25) is 0 Å². The first kappa shape index (κ1) is 22.2. The molecule has 2 aromatic rings. The van der Waals surface area contributed by atoms with Crippen LogP contribution in [0.25, 0.3) is 0 Å². The van der Waals surface area contributed by atoms with Gasteiger partial charge in [0.05, 0.1) is 12.2 Å². The minimum Gasteiger partial charge on any atom is -0.375 e. The quantitative estimate of drug-likeness (QED) is 0.372. The molecular weight excluding hydrogens is 370 g/mol. The van der Waals surface area contributed by atoms with Crippen molar-refractivity contribution in [1.29, 1.82) is 0 Å². The second kappa shape index (κ2) is 11.7. The second-order valence-corrected chi connectivity index (χ2v) is 7.65. The summed E-state index contributed by atoms with van der Waals surface area (Å²) in [7, 11) is 5.89. The van der Waals surface area contributed by atoms with Gasteiger partial charge in [0.25, 0.3) is 0 Å². The molecule has 0 amide bonds. The number of benzene rings is 1. The molecule has 0 saturated heterocycles. The maximum atomic E-state index is 5.35. The van der Waals surface area contributed by atoms with E-state index in [0.29, 0.717) is 0 Å². The molecule has 1 aromatic carbocycles. The number of para-hydroxylation sites is 1. The molecule has 1 unspecified atom stereocenters. The van der Waals surface area contributed by atoms with Gasteiger partial charge in [-0.2, -0.15) is 0 Å². The average molecular weight is 404 g/mol. The van der Waals surface area contributed by atoms with Crippen LogP contribution in [-0.4, -0.2) is 56.7 Å². The van der Waals surface area contributed by atoms with Gasteiger partial charge in [0, 0.05) is 51.9 Å². The Morgan fingerprint density at radius 3 is 2.71 bits per heavy atom. The Bertz CT molecular complexity index is 719. The Morgan fingerprint density at radius 1 is 1.29 bits per heavy atom. The highest BCUT2D eigenvalue weighted by Crippen LogP contribution is 2.21. The Hall–Kier alpha value is -2.12. The standard InChI is InChI=1S/C21H33N5OS/c1-6-22-21(23-13-10-14-25(3)19-11-8-7-9-12-19)26(4)15-18-16-28-20(24-18)17(2)27-5/h7-9,11-12,16-17H,6,10,13-15H2,1-5H3,(H,22,23). The normalized spacial score (nSPS) is 12.7. The Labute approximate surface area is 173 Å². The van der Waals surface area contributed by atoms with Crippen LogP contribution >= 0.6 is 11.3 Å². The van der Waals surface area contributed by atoms with Crippen molar-refractivity contribution in [2.24, 2.45) is 4.99 Å². The Kier molecular flexibility index (Phi) is 9.23. The molecule has 154 valence electrons. The van der Waals surface area contributed by atoms with Crippen molar-refractivity contribution in [2.45, 2.75) is 32.9 Å². The summed E-state index contributed by atoms with van der Waals surface area (Å²) in [6, 6.07) is 10.4. The molecule has 1 heterocycles. The van der Waals surface area contributed by atoms with Crippen LogP contribution in [0.4, 0.5) is 5.69 Å². The van der Waals surface area contributed by atoms with Crippen LogP contribution in [0.1, 0.15) is 37.1 Å². The number of aliphatic imine (C=N–C) groups is 1. The maximum absolute atomic E-state index is 5.35. The van der Waals surface area contributed by atoms with Gasteiger partial charge in [-0.1, -0.05) is 18.2 Å². The lowest BCUT2D eigenvalue weighted by Gasteiger charge is -2.22. The third-order valence-electron chi connectivity index (χ3n) is 4.48. The molecular formula is C21H33N5OS. The number of hydrogen-bond donors (Lipinski definition) is 1. The second-order valence-electron chi connectivity index (χ2n) is 6.76. The number of nitrogens with zero attached hydrogens (tertiary/aromatic N) is 4. The molecule has 0 aliphatic heterocycles. The molecule has 0 spiro atoms. The number of rotatable bonds is 10. The number of methoxy groups -OCH3 is 1. The van der Waals surface area contributed by atoms with Gasteiger partial charge in [-0.25, -0.2) is 4.98 Å². The van der Waals surface area contributed by atoms with Crippen LogP contribution in [0.5, 0.6) is 0 Å². The van der Waals surface area contributed by atoms with Gasteiger partial charge in [-0.15, -0.1) is 11.3 Å². The molecule has 0 bridgehead atoms. The number of anilines is 1.